The highest BCUT2D eigenvalue weighted by atomic mass is 19.1. The van der Waals surface area contributed by atoms with E-state index in [4.69, 9.17) is 0 Å². The summed E-state index contributed by atoms with van der Waals surface area (Å²) < 4.78 is 40.1. The van der Waals surface area contributed by atoms with Gasteiger partial charge < -0.3 is 4.90 Å². The Kier molecular flexibility index (Phi) is 4.31. The average Bonchev–Trinajstić information content (AvgIpc) is 2.47. The average molecular weight is 293 g/mol. The van der Waals surface area contributed by atoms with Crippen molar-refractivity contribution in [1.82, 2.24) is 4.90 Å². The minimum Gasteiger partial charge on any atom is -0.335 e. The third-order valence-electron chi connectivity index (χ3n) is 3.38. The molecule has 1 unspecified atom stereocenters. The SMILES string of the molecule is CC(c1cc(F)ccc1F)N(C)C(=O)c1cccc(F)c1. The molecule has 0 aromatic heterocycles. The van der Waals surface area contributed by atoms with Gasteiger partial charge in [0.1, 0.15) is 17.5 Å². The molecule has 0 saturated heterocycles. The molecule has 2 aromatic carbocycles. The fourth-order valence-corrected chi connectivity index (χ4v) is 2.04. The van der Waals surface area contributed by atoms with Crippen molar-refractivity contribution in [3.8, 4) is 0 Å². The highest BCUT2D eigenvalue weighted by Gasteiger charge is 2.22. The van der Waals surface area contributed by atoms with E-state index >= 15 is 0 Å². The molecule has 0 aliphatic rings. The molecule has 5 heteroatoms. The lowest BCUT2D eigenvalue weighted by molar-refractivity contribution is 0.0739. The van der Waals surface area contributed by atoms with Crippen LogP contribution in [-0.2, 0) is 0 Å². The van der Waals surface area contributed by atoms with Gasteiger partial charge in [-0.1, -0.05) is 6.07 Å². The molecule has 0 bridgehead atoms. The molecule has 1 amide bonds. The Labute approximate surface area is 120 Å². The van der Waals surface area contributed by atoms with E-state index in [9.17, 15) is 18.0 Å². The van der Waals surface area contributed by atoms with Crippen molar-refractivity contribution in [1.29, 1.82) is 0 Å². The zero-order valence-corrected chi connectivity index (χ0v) is 11.6. The Morgan fingerprint density at radius 2 is 1.71 bits per heavy atom. The van der Waals surface area contributed by atoms with E-state index in [1.165, 1.54) is 30.1 Å². The van der Waals surface area contributed by atoms with Crippen LogP contribution in [0.15, 0.2) is 42.5 Å². The molecule has 21 heavy (non-hydrogen) atoms. The number of nitrogens with zero attached hydrogens (tertiary/aromatic N) is 1. The number of hydrogen-bond acceptors (Lipinski definition) is 1. The summed E-state index contributed by atoms with van der Waals surface area (Å²) in [5.41, 5.74) is 0.225. The quantitative estimate of drug-likeness (QED) is 0.839. The summed E-state index contributed by atoms with van der Waals surface area (Å²) >= 11 is 0. The second kappa shape index (κ2) is 5.99. The summed E-state index contributed by atoms with van der Waals surface area (Å²) in [6.45, 7) is 1.58. The number of hydrogen-bond donors (Lipinski definition) is 0. The van der Waals surface area contributed by atoms with Crippen LogP contribution in [0.5, 0.6) is 0 Å². The van der Waals surface area contributed by atoms with Crippen molar-refractivity contribution in [3.63, 3.8) is 0 Å². The Hall–Kier alpha value is -2.30. The Morgan fingerprint density at radius 3 is 2.38 bits per heavy atom. The molecule has 2 aromatic rings. The van der Waals surface area contributed by atoms with Crippen LogP contribution in [0.1, 0.15) is 28.9 Å². The van der Waals surface area contributed by atoms with Gasteiger partial charge in [-0.25, -0.2) is 13.2 Å². The van der Waals surface area contributed by atoms with Crippen molar-refractivity contribution < 1.29 is 18.0 Å². The van der Waals surface area contributed by atoms with Gasteiger partial charge in [-0.15, -0.1) is 0 Å². The molecule has 0 aliphatic heterocycles. The molecule has 0 spiro atoms. The highest BCUT2D eigenvalue weighted by Crippen LogP contribution is 2.24. The maximum Gasteiger partial charge on any atom is 0.254 e. The van der Waals surface area contributed by atoms with Gasteiger partial charge in [0.05, 0.1) is 6.04 Å². The monoisotopic (exact) mass is 293 g/mol. The summed E-state index contributed by atoms with van der Waals surface area (Å²) in [4.78, 5) is 13.5. The lowest BCUT2D eigenvalue weighted by Gasteiger charge is -2.25. The maximum absolute atomic E-state index is 13.7. The molecular weight excluding hydrogens is 279 g/mol. The van der Waals surface area contributed by atoms with Crippen LogP contribution >= 0.6 is 0 Å². The van der Waals surface area contributed by atoms with Crippen molar-refractivity contribution in [3.05, 3.63) is 71.0 Å². The highest BCUT2D eigenvalue weighted by molar-refractivity contribution is 5.94. The second-order valence-corrected chi connectivity index (χ2v) is 4.77. The summed E-state index contributed by atoms with van der Waals surface area (Å²) in [7, 11) is 1.46. The van der Waals surface area contributed by atoms with E-state index in [2.05, 4.69) is 0 Å². The van der Waals surface area contributed by atoms with Gasteiger partial charge in [-0.3, -0.25) is 4.79 Å². The molecule has 0 heterocycles. The normalized spacial score (nSPS) is 12.0. The summed E-state index contributed by atoms with van der Waals surface area (Å²) in [5.74, 6) is -2.17. The van der Waals surface area contributed by atoms with Crippen LogP contribution in [-0.4, -0.2) is 17.9 Å². The molecule has 2 nitrogen and oxygen atoms in total. The van der Waals surface area contributed by atoms with Gasteiger partial charge in [-0.2, -0.15) is 0 Å². The van der Waals surface area contributed by atoms with Gasteiger partial charge in [0.2, 0.25) is 0 Å². The smallest absolute Gasteiger partial charge is 0.254 e. The molecule has 2 rings (SSSR count). The van der Waals surface area contributed by atoms with Crippen LogP contribution in [0.25, 0.3) is 0 Å². The Balaban J connectivity index is 2.28. The van der Waals surface area contributed by atoms with E-state index in [0.717, 1.165) is 24.3 Å². The van der Waals surface area contributed by atoms with Gasteiger partial charge in [-0.05, 0) is 43.3 Å². The van der Waals surface area contributed by atoms with Crippen LogP contribution in [0, 0.1) is 17.5 Å². The number of carbonyl (C=O) groups excluding carboxylic acids is 1. The predicted octanol–water partition coefficient (Wildman–Crippen LogP) is 3.94. The fourth-order valence-electron chi connectivity index (χ4n) is 2.04. The first-order valence-electron chi connectivity index (χ1n) is 6.38. The minimum atomic E-state index is -0.684. The maximum atomic E-state index is 13.7. The van der Waals surface area contributed by atoms with E-state index in [-0.39, 0.29) is 11.1 Å². The first-order chi connectivity index (χ1) is 9.90. The first-order valence-corrected chi connectivity index (χ1v) is 6.38. The fraction of sp³-hybridized carbons (Fsp3) is 0.188. The molecular formula is C16H14F3NO. The predicted molar refractivity (Wildman–Crippen MR) is 73.3 cm³/mol. The second-order valence-electron chi connectivity index (χ2n) is 4.77. The minimum absolute atomic E-state index is 0.0715. The zero-order chi connectivity index (χ0) is 15.6. The summed E-state index contributed by atoms with van der Waals surface area (Å²) in [5, 5.41) is 0. The Bertz CT molecular complexity index is 672. The van der Waals surface area contributed by atoms with Crippen molar-refractivity contribution in [2.45, 2.75) is 13.0 Å². The van der Waals surface area contributed by atoms with Gasteiger partial charge in [0.25, 0.3) is 5.91 Å². The molecule has 0 N–H and O–H groups in total. The van der Waals surface area contributed by atoms with Crippen LogP contribution in [0.2, 0.25) is 0 Å². The standard InChI is InChI=1S/C16H14F3NO/c1-10(14-9-13(18)6-7-15(14)19)20(2)16(21)11-4-3-5-12(17)8-11/h3-10H,1-2H3. The van der Waals surface area contributed by atoms with Crippen LogP contribution in [0.3, 0.4) is 0 Å². The molecule has 110 valence electrons. The zero-order valence-electron chi connectivity index (χ0n) is 11.6. The van der Waals surface area contributed by atoms with E-state index < -0.39 is 29.4 Å². The Morgan fingerprint density at radius 1 is 1.05 bits per heavy atom. The number of amides is 1. The van der Waals surface area contributed by atoms with Gasteiger partial charge in [0, 0.05) is 18.2 Å². The van der Waals surface area contributed by atoms with Gasteiger partial charge in [0.15, 0.2) is 0 Å². The molecule has 0 saturated carbocycles. The van der Waals surface area contributed by atoms with E-state index in [1.807, 2.05) is 0 Å². The molecule has 0 aliphatic carbocycles. The molecule has 1 atom stereocenters. The van der Waals surface area contributed by atoms with Crippen molar-refractivity contribution >= 4 is 5.91 Å². The largest absolute Gasteiger partial charge is 0.335 e. The van der Waals surface area contributed by atoms with E-state index in [1.54, 1.807) is 6.92 Å². The number of benzene rings is 2. The van der Waals surface area contributed by atoms with Crippen LogP contribution in [0.4, 0.5) is 13.2 Å². The third kappa shape index (κ3) is 3.24. The summed E-state index contributed by atoms with van der Waals surface area (Å²) in [6, 6.07) is 7.62. The lowest BCUT2D eigenvalue weighted by Crippen LogP contribution is -2.30. The molecule has 0 fully saturated rings. The molecule has 0 radical (unpaired) electrons. The lowest BCUT2D eigenvalue weighted by atomic mass is 10.1. The van der Waals surface area contributed by atoms with E-state index in [0.29, 0.717) is 0 Å². The van der Waals surface area contributed by atoms with Crippen molar-refractivity contribution in [2.24, 2.45) is 0 Å². The number of halogens is 3. The summed E-state index contributed by atoms with van der Waals surface area (Å²) in [6.07, 6.45) is 0. The third-order valence-corrected chi connectivity index (χ3v) is 3.38. The van der Waals surface area contributed by atoms with Crippen molar-refractivity contribution in [2.75, 3.05) is 7.05 Å². The first kappa shape index (κ1) is 15.1. The number of carbonyl (C=O) groups is 1. The van der Waals surface area contributed by atoms with Crippen LogP contribution < -0.4 is 0 Å². The number of rotatable bonds is 3. The van der Waals surface area contributed by atoms with Gasteiger partial charge >= 0.3 is 0 Å². The topological polar surface area (TPSA) is 20.3 Å².